The molecule has 30 heavy (non-hydrogen) atoms. The molecule has 0 aliphatic carbocycles. The number of benzene rings is 3. The van der Waals surface area contributed by atoms with E-state index in [9.17, 15) is 13.2 Å². The van der Waals surface area contributed by atoms with Gasteiger partial charge in [-0.1, -0.05) is 94.0 Å². The zero-order valence-corrected chi connectivity index (χ0v) is 17.6. The van der Waals surface area contributed by atoms with Gasteiger partial charge in [-0.2, -0.15) is 0 Å². The molecular formula is C27H29F3. The van der Waals surface area contributed by atoms with Crippen LogP contribution in [0.25, 0.3) is 22.3 Å². The van der Waals surface area contributed by atoms with Crippen molar-refractivity contribution in [2.24, 2.45) is 0 Å². The van der Waals surface area contributed by atoms with E-state index in [4.69, 9.17) is 0 Å². The average molecular weight is 411 g/mol. The number of aryl methyl sites for hydroxylation is 1. The van der Waals surface area contributed by atoms with Crippen LogP contribution in [0.15, 0.2) is 60.7 Å². The smallest absolute Gasteiger partial charge is 0.195 e. The Morgan fingerprint density at radius 1 is 0.600 bits per heavy atom. The van der Waals surface area contributed by atoms with Gasteiger partial charge in [0.15, 0.2) is 17.5 Å². The molecule has 0 aliphatic heterocycles. The van der Waals surface area contributed by atoms with Crippen molar-refractivity contribution in [1.29, 1.82) is 0 Å². The predicted octanol–water partition coefficient (Wildman–Crippen LogP) is 8.73. The van der Waals surface area contributed by atoms with Crippen molar-refractivity contribution in [3.8, 4) is 22.3 Å². The molecule has 0 heterocycles. The second-order valence-corrected chi connectivity index (χ2v) is 7.84. The highest BCUT2D eigenvalue weighted by Gasteiger charge is 2.17. The maximum absolute atomic E-state index is 14.4. The molecule has 3 aromatic rings. The Hall–Kier alpha value is -2.55. The Labute approximate surface area is 177 Å². The van der Waals surface area contributed by atoms with E-state index in [0.717, 1.165) is 30.0 Å². The third-order valence-electron chi connectivity index (χ3n) is 5.56. The van der Waals surface area contributed by atoms with Gasteiger partial charge in [-0.25, -0.2) is 13.2 Å². The molecule has 3 rings (SSSR count). The van der Waals surface area contributed by atoms with Crippen molar-refractivity contribution in [2.75, 3.05) is 0 Å². The zero-order chi connectivity index (χ0) is 21.3. The SMILES string of the molecule is CCCCCCCCCc1cccc(-c2ccccc2-c2ccc(F)c(F)c2F)c1. The zero-order valence-electron chi connectivity index (χ0n) is 17.6. The highest BCUT2D eigenvalue weighted by Crippen LogP contribution is 2.35. The van der Waals surface area contributed by atoms with Crippen molar-refractivity contribution in [2.45, 2.75) is 58.3 Å². The van der Waals surface area contributed by atoms with Crippen LogP contribution >= 0.6 is 0 Å². The first-order valence-corrected chi connectivity index (χ1v) is 10.9. The fraction of sp³-hybridized carbons (Fsp3) is 0.333. The standard InChI is InChI=1S/C27H29F3/c1-2-3-4-5-6-7-8-12-20-13-11-14-21(19-20)22-15-9-10-16-23(22)24-17-18-25(28)27(30)26(24)29/h9-11,13-19H,2-8,12H2,1H3. The summed E-state index contributed by atoms with van der Waals surface area (Å²) in [6, 6.07) is 17.8. The second-order valence-electron chi connectivity index (χ2n) is 7.84. The topological polar surface area (TPSA) is 0 Å². The lowest BCUT2D eigenvalue weighted by Crippen LogP contribution is -1.95. The van der Waals surface area contributed by atoms with Crippen LogP contribution in [0.3, 0.4) is 0 Å². The van der Waals surface area contributed by atoms with Crippen molar-refractivity contribution >= 4 is 0 Å². The van der Waals surface area contributed by atoms with Crippen LogP contribution in [0, 0.1) is 17.5 Å². The number of unbranched alkanes of at least 4 members (excludes halogenated alkanes) is 6. The molecule has 3 heteroatoms. The van der Waals surface area contributed by atoms with E-state index < -0.39 is 17.5 Å². The van der Waals surface area contributed by atoms with Crippen LogP contribution < -0.4 is 0 Å². The monoisotopic (exact) mass is 410 g/mol. The van der Waals surface area contributed by atoms with Gasteiger partial charge >= 0.3 is 0 Å². The highest BCUT2D eigenvalue weighted by molar-refractivity contribution is 5.83. The maximum atomic E-state index is 14.4. The quantitative estimate of drug-likeness (QED) is 0.231. The van der Waals surface area contributed by atoms with Gasteiger partial charge < -0.3 is 0 Å². The Morgan fingerprint density at radius 2 is 1.30 bits per heavy atom. The summed E-state index contributed by atoms with van der Waals surface area (Å²) in [7, 11) is 0. The Balaban J connectivity index is 1.76. The van der Waals surface area contributed by atoms with Crippen molar-refractivity contribution < 1.29 is 13.2 Å². The summed E-state index contributed by atoms with van der Waals surface area (Å²) in [5.74, 6) is -3.76. The van der Waals surface area contributed by atoms with Crippen LogP contribution in [0.2, 0.25) is 0 Å². The molecule has 3 aromatic carbocycles. The van der Waals surface area contributed by atoms with Gasteiger partial charge in [0.2, 0.25) is 0 Å². The number of hydrogen-bond donors (Lipinski definition) is 0. The number of hydrogen-bond acceptors (Lipinski definition) is 0. The summed E-state index contributed by atoms with van der Waals surface area (Å²) < 4.78 is 41.6. The molecule has 0 aliphatic rings. The molecule has 0 saturated carbocycles. The molecule has 0 radical (unpaired) electrons. The van der Waals surface area contributed by atoms with E-state index in [1.54, 1.807) is 12.1 Å². The fourth-order valence-electron chi connectivity index (χ4n) is 3.88. The third-order valence-corrected chi connectivity index (χ3v) is 5.56. The molecule has 0 saturated heterocycles. The summed E-state index contributed by atoms with van der Waals surface area (Å²) in [4.78, 5) is 0. The second kappa shape index (κ2) is 11.0. The summed E-state index contributed by atoms with van der Waals surface area (Å²) in [6.07, 6.45) is 9.87. The molecule has 0 amide bonds. The molecule has 0 N–H and O–H groups in total. The van der Waals surface area contributed by atoms with Gasteiger partial charge in [0, 0.05) is 5.56 Å². The highest BCUT2D eigenvalue weighted by atomic mass is 19.2. The van der Waals surface area contributed by atoms with Gasteiger partial charge in [0.25, 0.3) is 0 Å². The maximum Gasteiger partial charge on any atom is 0.195 e. The normalized spacial score (nSPS) is 11.1. The van der Waals surface area contributed by atoms with E-state index in [2.05, 4.69) is 19.1 Å². The Morgan fingerprint density at radius 3 is 2.07 bits per heavy atom. The molecule has 0 atom stereocenters. The molecule has 0 fully saturated rings. The summed E-state index contributed by atoms with van der Waals surface area (Å²) in [6.45, 7) is 2.23. The van der Waals surface area contributed by atoms with E-state index in [0.29, 0.717) is 5.56 Å². The Kier molecular flexibility index (Phi) is 8.12. The van der Waals surface area contributed by atoms with Crippen LogP contribution in [-0.4, -0.2) is 0 Å². The number of rotatable bonds is 10. The van der Waals surface area contributed by atoms with Crippen LogP contribution in [0.1, 0.15) is 57.4 Å². The minimum absolute atomic E-state index is 0.0713. The number of halogens is 3. The van der Waals surface area contributed by atoms with Crippen LogP contribution in [0.4, 0.5) is 13.2 Å². The first-order valence-electron chi connectivity index (χ1n) is 10.9. The first-order chi connectivity index (χ1) is 14.6. The van der Waals surface area contributed by atoms with Gasteiger partial charge in [-0.15, -0.1) is 0 Å². The fourth-order valence-corrected chi connectivity index (χ4v) is 3.88. The van der Waals surface area contributed by atoms with Crippen molar-refractivity contribution in [1.82, 2.24) is 0 Å². The minimum Gasteiger partial charge on any atom is -0.204 e. The minimum atomic E-state index is -1.44. The van der Waals surface area contributed by atoms with E-state index in [1.165, 1.54) is 50.2 Å². The lowest BCUT2D eigenvalue weighted by Gasteiger charge is -2.13. The molecule has 0 spiro atoms. The summed E-state index contributed by atoms with van der Waals surface area (Å²) >= 11 is 0. The largest absolute Gasteiger partial charge is 0.204 e. The van der Waals surface area contributed by atoms with Gasteiger partial charge in [-0.05, 0) is 47.2 Å². The van der Waals surface area contributed by atoms with Crippen LogP contribution in [0.5, 0.6) is 0 Å². The first kappa shape index (κ1) is 22.1. The van der Waals surface area contributed by atoms with Gasteiger partial charge in [0.05, 0.1) is 0 Å². The average Bonchev–Trinajstić information content (AvgIpc) is 2.77. The predicted molar refractivity (Wildman–Crippen MR) is 119 cm³/mol. The summed E-state index contributed by atoms with van der Waals surface area (Å²) in [5, 5.41) is 0. The van der Waals surface area contributed by atoms with E-state index in [-0.39, 0.29) is 5.56 Å². The molecular weight excluding hydrogens is 381 g/mol. The molecule has 0 unspecified atom stereocenters. The third kappa shape index (κ3) is 5.53. The Bertz CT molecular complexity index is 962. The van der Waals surface area contributed by atoms with Crippen molar-refractivity contribution in [3.63, 3.8) is 0 Å². The molecule has 0 bridgehead atoms. The molecule has 0 aromatic heterocycles. The summed E-state index contributed by atoms with van der Waals surface area (Å²) in [5.41, 5.74) is 3.63. The van der Waals surface area contributed by atoms with Crippen LogP contribution in [-0.2, 0) is 6.42 Å². The van der Waals surface area contributed by atoms with Crippen molar-refractivity contribution in [3.05, 3.63) is 83.7 Å². The van der Waals surface area contributed by atoms with Gasteiger partial charge in [0.1, 0.15) is 0 Å². The van der Waals surface area contributed by atoms with E-state index in [1.807, 2.05) is 24.3 Å². The molecule has 158 valence electrons. The lowest BCUT2D eigenvalue weighted by atomic mass is 9.92. The molecule has 0 nitrogen and oxygen atoms in total. The van der Waals surface area contributed by atoms with E-state index >= 15 is 0 Å². The lowest BCUT2D eigenvalue weighted by molar-refractivity contribution is 0.449. The van der Waals surface area contributed by atoms with Gasteiger partial charge in [-0.3, -0.25) is 0 Å².